The van der Waals surface area contributed by atoms with Gasteiger partial charge in [-0.15, -0.1) is 10.2 Å². The molecule has 0 saturated heterocycles. The van der Waals surface area contributed by atoms with Crippen molar-refractivity contribution in [1.29, 1.82) is 0 Å². The van der Waals surface area contributed by atoms with Crippen LogP contribution in [0.2, 0.25) is 0 Å². The number of amides is 1. The molecule has 0 aliphatic carbocycles. The third-order valence-corrected chi connectivity index (χ3v) is 4.47. The zero-order valence-electron chi connectivity index (χ0n) is 12.8. The summed E-state index contributed by atoms with van der Waals surface area (Å²) in [6.45, 7) is 2.73. The largest absolute Gasteiger partial charge is 0.366 e. The highest BCUT2D eigenvalue weighted by molar-refractivity contribution is 9.10. The molecule has 6 nitrogen and oxygen atoms in total. The maximum Gasteiger partial charge on any atom is 0.259 e. The molecule has 1 aromatic carbocycles. The van der Waals surface area contributed by atoms with Crippen molar-refractivity contribution in [1.82, 2.24) is 15.2 Å². The van der Waals surface area contributed by atoms with Gasteiger partial charge in [-0.3, -0.25) is 10.1 Å². The first-order valence-electron chi connectivity index (χ1n) is 7.14. The number of pyridine rings is 1. The molecule has 0 unspecified atom stereocenters. The first kappa shape index (κ1) is 16.5. The maximum absolute atomic E-state index is 12.0. The average molecular weight is 404 g/mol. The summed E-state index contributed by atoms with van der Waals surface area (Å²) in [6, 6.07) is 9.66. The Labute approximate surface area is 151 Å². The zero-order chi connectivity index (χ0) is 16.9. The van der Waals surface area contributed by atoms with E-state index in [2.05, 4.69) is 60.8 Å². The number of carbonyl (C=O) groups excluding carboxylic acids is 1. The summed E-state index contributed by atoms with van der Waals surface area (Å²) in [4.78, 5) is 16.3. The van der Waals surface area contributed by atoms with Crippen LogP contribution in [0.15, 0.2) is 46.5 Å². The molecule has 3 aromatic rings. The van der Waals surface area contributed by atoms with Crippen LogP contribution in [0.4, 0.5) is 10.9 Å². The van der Waals surface area contributed by atoms with Gasteiger partial charge in [0.2, 0.25) is 5.13 Å². The van der Waals surface area contributed by atoms with Crippen LogP contribution in [0.5, 0.6) is 0 Å². The summed E-state index contributed by atoms with van der Waals surface area (Å²) in [6.07, 6.45) is 1.53. The Kier molecular flexibility index (Phi) is 5.17. The SMILES string of the molecule is Cc1cc(Br)ccc1CNc1ccc(C(=O)Nc2nncs2)cn1. The Morgan fingerprint density at radius 1 is 1.29 bits per heavy atom. The quantitative estimate of drug-likeness (QED) is 0.675. The van der Waals surface area contributed by atoms with E-state index in [1.54, 1.807) is 17.6 Å². The normalized spacial score (nSPS) is 10.4. The number of hydrogen-bond donors (Lipinski definition) is 2. The lowest BCUT2D eigenvalue weighted by Gasteiger charge is -2.09. The summed E-state index contributed by atoms with van der Waals surface area (Å²) in [5.41, 5.74) is 4.42. The van der Waals surface area contributed by atoms with Gasteiger partial charge in [-0.1, -0.05) is 33.3 Å². The second kappa shape index (κ2) is 7.50. The Morgan fingerprint density at radius 3 is 2.83 bits per heavy atom. The maximum atomic E-state index is 12.0. The van der Waals surface area contributed by atoms with Gasteiger partial charge in [-0.2, -0.15) is 0 Å². The van der Waals surface area contributed by atoms with E-state index in [9.17, 15) is 4.79 Å². The predicted octanol–water partition coefficient (Wildman–Crippen LogP) is 3.87. The van der Waals surface area contributed by atoms with Crippen molar-refractivity contribution in [2.75, 3.05) is 10.6 Å². The fourth-order valence-corrected chi connectivity index (χ4v) is 2.99. The second-order valence-electron chi connectivity index (χ2n) is 5.05. The first-order chi connectivity index (χ1) is 11.6. The van der Waals surface area contributed by atoms with Crippen LogP contribution in [0.3, 0.4) is 0 Å². The van der Waals surface area contributed by atoms with Gasteiger partial charge < -0.3 is 5.32 Å². The number of nitrogens with one attached hydrogen (secondary N) is 2. The third kappa shape index (κ3) is 4.15. The highest BCUT2D eigenvalue weighted by Gasteiger charge is 2.08. The molecule has 8 heteroatoms. The van der Waals surface area contributed by atoms with E-state index in [0.29, 0.717) is 23.1 Å². The van der Waals surface area contributed by atoms with Gasteiger partial charge in [0.1, 0.15) is 11.3 Å². The monoisotopic (exact) mass is 403 g/mol. The minimum Gasteiger partial charge on any atom is -0.366 e. The molecule has 2 N–H and O–H groups in total. The molecule has 0 bridgehead atoms. The summed E-state index contributed by atoms with van der Waals surface area (Å²) in [7, 11) is 0. The van der Waals surface area contributed by atoms with E-state index in [4.69, 9.17) is 0 Å². The first-order valence-corrected chi connectivity index (χ1v) is 8.81. The Hall–Kier alpha value is -2.32. The summed E-state index contributed by atoms with van der Waals surface area (Å²) < 4.78 is 1.06. The number of halogens is 1. The number of aryl methyl sites for hydroxylation is 1. The van der Waals surface area contributed by atoms with Crippen molar-refractivity contribution < 1.29 is 4.79 Å². The van der Waals surface area contributed by atoms with Crippen LogP contribution in [0.1, 0.15) is 21.5 Å². The van der Waals surface area contributed by atoms with E-state index in [0.717, 1.165) is 4.47 Å². The van der Waals surface area contributed by atoms with Gasteiger partial charge in [-0.05, 0) is 42.3 Å². The van der Waals surface area contributed by atoms with Crippen LogP contribution in [0.25, 0.3) is 0 Å². The van der Waals surface area contributed by atoms with E-state index in [-0.39, 0.29) is 5.91 Å². The lowest BCUT2D eigenvalue weighted by Crippen LogP contribution is -2.12. The topological polar surface area (TPSA) is 79.8 Å². The summed E-state index contributed by atoms with van der Waals surface area (Å²) in [5.74, 6) is 0.458. The van der Waals surface area contributed by atoms with Crippen molar-refractivity contribution in [2.24, 2.45) is 0 Å². The minimum absolute atomic E-state index is 0.255. The Bertz CT molecular complexity index is 836. The molecule has 2 aromatic heterocycles. The molecule has 24 heavy (non-hydrogen) atoms. The van der Waals surface area contributed by atoms with E-state index < -0.39 is 0 Å². The predicted molar refractivity (Wildman–Crippen MR) is 98.3 cm³/mol. The summed E-state index contributed by atoms with van der Waals surface area (Å²) in [5, 5.41) is 13.8. The van der Waals surface area contributed by atoms with Crippen LogP contribution < -0.4 is 10.6 Å². The molecule has 0 aliphatic rings. The van der Waals surface area contributed by atoms with Gasteiger partial charge in [0, 0.05) is 17.2 Å². The van der Waals surface area contributed by atoms with E-state index in [1.165, 1.54) is 28.7 Å². The van der Waals surface area contributed by atoms with Gasteiger partial charge in [-0.25, -0.2) is 4.98 Å². The van der Waals surface area contributed by atoms with Crippen LogP contribution in [-0.4, -0.2) is 21.1 Å². The lowest BCUT2D eigenvalue weighted by molar-refractivity contribution is 0.102. The molecular weight excluding hydrogens is 390 g/mol. The van der Waals surface area contributed by atoms with Crippen molar-refractivity contribution in [2.45, 2.75) is 13.5 Å². The Morgan fingerprint density at radius 2 is 2.17 bits per heavy atom. The number of carbonyl (C=O) groups is 1. The van der Waals surface area contributed by atoms with Crippen molar-refractivity contribution in [3.05, 3.63) is 63.2 Å². The molecular formula is C16H14BrN5OS. The summed E-state index contributed by atoms with van der Waals surface area (Å²) >= 11 is 4.72. The number of hydrogen-bond acceptors (Lipinski definition) is 6. The number of nitrogens with zero attached hydrogens (tertiary/aromatic N) is 3. The number of benzene rings is 1. The highest BCUT2D eigenvalue weighted by Crippen LogP contribution is 2.17. The van der Waals surface area contributed by atoms with Crippen LogP contribution >= 0.6 is 27.3 Å². The number of aromatic nitrogens is 3. The van der Waals surface area contributed by atoms with Gasteiger partial charge >= 0.3 is 0 Å². The fourth-order valence-electron chi connectivity index (χ4n) is 2.07. The van der Waals surface area contributed by atoms with Crippen molar-refractivity contribution in [3.63, 3.8) is 0 Å². The highest BCUT2D eigenvalue weighted by atomic mass is 79.9. The van der Waals surface area contributed by atoms with E-state index in [1.807, 2.05) is 6.07 Å². The minimum atomic E-state index is -0.255. The molecule has 0 spiro atoms. The molecule has 0 saturated carbocycles. The molecule has 0 radical (unpaired) electrons. The second-order valence-corrected chi connectivity index (χ2v) is 6.80. The van der Waals surface area contributed by atoms with Gasteiger partial charge in [0.15, 0.2) is 0 Å². The van der Waals surface area contributed by atoms with Gasteiger partial charge in [0.25, 0.3) is 5.91 Å². The number of anilines is 2. The molecule has 1 amide bonds. The standard InChI is InChI=1S/C16H14BrN5OS/c1-10-6-13(17)4-2-11(10)7-18-14-5-3-12(8-19-14)15(23)21-16-22-20-9-24-16/h2-6,8-9H,7H2,1H3,(H,18,19)(H,21,22,23). The smallest absolute Gasteiger partial charge is 0.259 e. The molecule has 2 heterocycles. The van der Waals surface area contributed by atoms with Gasteiger partial charge in [0.05, 0.1) is 5.56 Å². The lowest BCUT2D eigenvalue weighted by atomic mass is 10.1. The number of rotatable bonds is 5. The van der Waals surface area contributed by atoms with Crippen molar-refractivity contribution in [3.8, 4) is 0 Å². The fraction of sp³-hybridized carbons (Fsp3) is 0.125. The van der Waals surface area contributed by atoms with E-state index >= 15 is 0 Å². The Balaban J connectivity index is 1.61. The van der Waals surface area contributed by atoms with Crippen molar-refractivity contribution >= 4 is 44.1 Å². The molecule has 3 rings (SSSR count). The molecule has 0 atom stereocenters. The average Bonchev–Trinajstić information content (AvgIpc) is 3.07. The molecule has 0 aliphatic heterocycles. The molecule has 0 fully saturated rings. The van der Waals surface area contributed by atoms with Crippen LogP contribution in [0, 0.1) is 6.92 Å². The van der Waals surface area contributed by atoms with Crippen LogP contribution in [-0.2, 0) is 6.54 Å². The zero-order valence-corrected chi connectivity index (χ0v) is 15.2. The third-order valence-electron chi connectivity index (χ3n) is 3.37. The molecule has 122 valence electrons.